The number of aromatic amines is 2. The standard InChI is InChI=1S/C12H9BrN4O/c13-6-3-8(14)11-9(4-6)16-12(17-11)7-5-15-2-1-10(7)18/h1-5H,14H2,(H,15,18)(H,16,17). The summed E-state index contributed by atoms with van der Waals surface area (Å²) >= 11 is 3.37. The van der Waals surface area contributed by atoms with Crippen molar-refractivity contribution in [2.24, 2.45) is 0 Å². The SMILES string of the molecule is Nc1cc(Br)cc2[nH]c(-c3c[nH]ccc3=O)nc12. The van der Waals surface area contributed by atoms with Gasteiger partial charge in [-0.15, -0.1) is 0 Å². The lowest BCUT2D eigenvalue weighted by Crippen LogP contribution is -2.03. The highest BCUT2D eigenvalue weighted by Gasteiger charge is 2.10. The Bertz CT molecular complexity index is 790. The lowest BCUT2D eigenvalue weighted by Gasteiger charge is -1.94. The van der Waals surface area contributed by atoms with Crippen molar-refractivity contribution < 1.29 is 0 Å². The van der Waals surface area contributed by atoms with Crippen LogP contribution in [0, 0.1) is 0 Å². The highest BCUT2D eigenvalue weighted by atomic mass is 79.9. The monoisotopic (exact) mass is 304 g/mol. The predicted octanol–water partition coefficient (Wildman–Crippen LogP) is 2.26. The van der Waals surface area contributed by atoms with Crippen LogP contribution in [0.25, 0.3) is 22.4 Å². The highest BCUT2D eigenvalue weighted by molar-refractivity contribution is 9.10. The van der Waals surface area contributed by atoms with E-state index in [2.05, 4.69) is 30.9 Å². The van der Waals surface area contributed by atoms with Gasteiger partial charge in [-0.1, -0.05) is 15.9 Å². The quantitative estimate of drug-likeness (QED) is 0.603. The molecule has 5 nitrogen and oxygen atoms in total. The molecule has 0 spiro atoms. The molecule has 0 amide bonds. The minimum absolute atomic E-state index is 0.0922. The van der Waals surface area contributed by atoms with E-state index in [0.717, 1.165) is 9.99 Å². The van der Waals surface area contributed by atoms with Gasteiger partial charge < -0.3 is 15.7 Å². The number of nitrogens with one attached hydrogen (secondary N) is 2. The van der Waals surface area contributed by atoms with Gasteiger partial charge in [-0.25, -0.2) is 4.98 Å². The van der Waals surface area contributed by atoms with Crippen molar-refractivity contribution in [1.82, 2.24) is 15.0 Å². The summed E-state index contributed by atoms with van der Waals surface area (Å²) in [5, 5.41) is 0. The number of H-pyrrole nitrogens is 2. The Morgan fingerprint density at radius 3 is 2.94 bits per heavy atom. The Morgan fingerprint density at radius 2 is 2.17 bits per heavy atom. The molecule has 18 heavy (non-hydrogen) atoms. The van der Waals surface area contributed by atoms with Crippen LogP contribution < -0.4 is 11.2 Å². The van der Waals surface area contributed by atoms with Crippen LogP contribution in [0.1, 0.15) is 0 Å². The van der Waals surface area contributed by atoms with Crippen molar-refractivity contribution in [3.8, 4) is 11.4 Å². The smallest absolute Gasteiger partial charge is 0.192 e. The zero-order valence-electron chi connectivity index (χ0n) is 9.20. The van der Waals surface area contributed by atoms with Gasteiger partial charge in [0.05, 0.1) is 16.8 Å². The summed E-state index contributed by atoms with van der Waals surface area (Å²) in [5.74, 6) is 0.511. The van der Waals surface area contributed by atoms with Crippen molar-refractivity contribution in [1.29, 1.82) is 0 Å². The lowest BCUT2D eigenvalue weighted by atomic mass is 10.2. The maximum Gasteiger partial charge on any atom is 0.192 e. The number of fused-ring (bicyclic) bond motifs is 1. The Balaban J connectivity index is 2.30. The largest absolute Gasteiger partial charge is 0.397 e. The van der Waals surface area contributed by atoms with Gasteiger partial charge in [0.15, 0.2) is 5.43 Å². The van der Waals surface area contributed by atoms with Crippen LogP contribution in [0.15, 0.2) is 39.9 Å². The molecule has 3 aromatic rings. The molecule has 0 aliphatic heterocycles. The van der Waals surface area contributed by atoms with Crippen LogP contribution in [-0.4, -0.2) is 15.0 Å². The average Bonchev–Trinajstić information content (AvgIpc) is 2.73. The highest BCUT2D eigenvalue weighted by Crippen LogP contribution is 2.26. The third-order valence-electron chi connectivity index (χ3n) is 2.66. The number of imidazole rings is 1. The van der Waals surface area contributed by atoms with Gasteiger partial charge in [0.1, 0.15) is 11.3 Å². The second-order valence-corrected chi connectivity index (χ2v) is 4.81. The van der Waals surface area contributed by atoms with E-state index >= 15 is 0 Å². The topological polar surface area (TPSA) is 87.6 Å². The minimum atomic E-state index is -0.0922. The van der Waals surface area contributed by atoms with E-state index in [1.165, 1.54) is 6.07 Å². The number of hydrogen-bond donors (Lipinski definition) is 3. The molecule has 3 rings (SSSR count). The molecule has 6 heteroatoms. The lowest BCUT2D eigenvalue weighted by molar-refractivity contribution is 1.25. The van der Waals surface area contributed by atoms with Crippen molar-refractivity contribution in [3.05, 3.63) is 45.3 Å². The summed E-state index contributed by atoms with van der Waals surface area (Å²) in [6.45, 7) is 0. The molecule has 0 atom stereocenters. The van der Waals surface area contributed by atoms with Gasteiger partial charge >= 0.3 is 0 Å². The fourth-order valence-corrected chi connectivity index (χ4v) is 2.31. The number of halogens is 1. The van der Waals surface area contributed by atoms with Crippen molar-refractivity contribution >= 4 is 32.7 Å². The molecule has 0 unspecified atom stereocenters. The first-order valence-electron chi connectivity index (χ1n) is 5.27. The molecule has 0 aliphatic carbocycles. The number of hydrogen-bond acceptors (Lipinski definition) is 3. The van der Waals surface area contributed by atoms with Crippen LogP contribution in [-0.2, 0) is 0 Å². The Hall–Kier alpha value is -2.08. The van der Waals surface area contributed by atoms with E-state index in [-0.39, 0.29) is 5.43 Å². The average molecular weight is 305 g/mol. The third-order valence-corrected chi connectivity index (χ3v) is 3.12. The van der Waals surface area contributed by atoms with Crippen LogP contribution in [0.4, 0.5) is 5.69 Å². The molecule has 0 saturated heterocycles. The number of anilines is 1. The van der Waals surface area contributed by atoms with Gasteiger partial charge in [0.2, 0.25) is 0 Å². The van der Waals surface area contributed by atoms with Crippen molar-refractivity contribution in [2.45, 2.75) is 0 Å². The van der Waals surface area contributed by atoms with Gasteiger partial charge in [0.25, 0.3) is 0 Å². The number of benzene rings is 1. The zero-order valence-corrected chi connectivity index (χ0v) is 10.8. The second-order valence-electron chi connectivity index (χ2n) is 3.90. The first-order valence-corrected chi connectivity index (χ1v) is 6.06. The van der Waals surface area contributed by atoms with Crippen molar-refractivity contribution in [2.75, 3.05) is 5.73 Å². The van der Waals surface area contributed by atoms with Crippen molar-refractivity contribution in [3.63, 3.8) is 0 Å². The number of nitrogens with zero attached hydrogens (tertiary/aromatic N) is 1. The van der Waals surface area contributed by atoms with Gasteiger partial charge in [-0.2, -0.15) is 0 Å². The third kappa shape index (κ3) is 1.70. The predicted molar refractivity (Wildman–Crippen MR) is 74.3 cm³/mol. The summed E-state index contributed by atoms with van der Waals surface area (Å²) in [6.07, 6.45) is 3.20. The summed E-state index contributed by atoms with van der Waals surface area (Å²) in [4.78, 5) is 22.1. The van der Waals surface area contributed by atoms with Gasteiger partial charge in [-0.3, -0.25) is 4.79 Å². The Kier molecular flexibility index (Phi) is 2.45. The summed E-state index contributed by atoms with van der Waals surface area (Å²) in [7, 11) is 0. The number of nitrogens with two attached hydrogens (primary N) is 1. The molecule has 0 saturated carbocycles. The number of rotatable bonds is 1. The maximum atomic E-state index is 11.7. The minimum Gasteiger partial charge on any atom is -0.397 e. The van der Waals surface area contributed by atoms with Crippen LogP contribution in [0.3, 0.4) is 0 Å². The van der Waals surface area contributed by atoms with E-state index in [1.54, 1.807) is 18.5 Å². The normalized spacial score (nSPS) is 10.9. The fraction of sp³-hybridized carbons (Fsp3) is 0. The molecule has 0 radical (unpaired) electrons. The van der Waals surface area contributed by atoms with Crippen LogP contribution in [0.2, 0.25) is 0 Å². The number of pyridine rings is 1. The number of nitrogen functional groups attached to an aromatic ring is 1. The zero-order chi connectivity index (χ0) is 12.7. The summed E-state index contributed by atoms with van der Waals surface area (Å²) < 4.78 is 0.865. The molecular weight excluding hydrogens is 296 g/mol. The van der Waals surface area contributed by atoms with E-state index in [9.17, 15) is 4.79 Å². The van der Waals surface area contributed by atoms with E-state index < -0.39 is 0 Å². The molecular formula is C12H9BrN4O. The van der Waals surface area contributed by atoms with Gasteiger partial charge in [-0.05, 0) is 12.1 Å². The molecule has 0 bridgehead atoms. The molecule has 0 fully saturated rings. The van der Waals surface area contributed by atoms with E-state index in [4.69, 9.17) is 5.73 Å². The molecule has 2 aromatic heterocycles. The first kappa shape index (κ1) is 11.0. The first-order chi connectivity index (χ1) is 8.65. The van der Waals surface area contributed by atoms with Crippen LogP contribution >= 0.6 is 15.9 Å². The Morgan fingerprint density at radius 1 is 1.33 bits per heavy atom. The number of aromatic nitrogens is 3. The van der Waals surface area contributed by atoms with Gasteiger partial charge in [0, 0.05) is 22.9 Å². The fourth-order valence-electron chi connectivity index (χ4n) is 1.84. The van der Waals surface area contributed by atoms with E-state index in [1.807, 2.05) is 6.07 Å². The molecule has 0 aliphatic rings. The van der Waals surface area contributed by atoms with E-state index in [0.29, 0.717) is 22.6 Å². The second kappa shape index (κ2) is 3.99. The van der Waals surface area contributed by atoms with Crippen LogP contribution in [0.5, 0.6) is 0 Å². The summed E-state index contributed by atoms with van der Waals surface area (Å²) in [5.41, 5.74) is 8.31. The molecule has 90 valence electrons. The maximum absolute atomic E-state index is 11.7. The molecule has 4 N–H and O–H groups in total. The molecule has 1 aromatic carbocycles. The Labute approximate surface area is 110 Å². The summed E-state index contributed by atoms with van der Waals surface area (Å²) in [6, 6.07) is 5.11. The molecule has 2 heterocycles.